The lowest BCUT2D eigenvalue weighted by molar-refractivity contribution is -0.136. The molecule has 1 aliphatic heterocycles. The van der Waals surface area contributed by atoms with Crippen LogP contribution in [0.5, 0.6) is 0 Å². The van der Waals surface area contributed by atoms with Crippen LogP contribution in [0.15, 0.2) is 0 Å². The third kappa shape index (κ3) is 3.71. The van der Waals surface area contributed by atoms with Crippen LogP contribution < -0.4 is 5.32 Å². The molecule has 0 bridgehead atoms. The fourth-order valence-electron chi connectivity index (χ4n) is 3.30. The van der Waals surface area contributed by atoms with Crippen molar-refractivity contribution < 1.29 is 4.79 Å². The highest BCUT2D eigenvalue weighted by Crippen LogP contribution is 2.27. The van der Waals surface area contributed by atoms with E-state index < -0.39 is 0 Å². The zero-order chi connectivity index (χ0) is 13.0. The van der Waals surface area contributed by atoms with Crippen LogP contribution >= 0.6 is 0 Å². The van der Waals surface area contributed by atoms with E-state index in [0.29, 0.717) is 23.8 Å². The molecule has 1 unspecified atom stereocenters. The van der Waals surface area contributed by atoms with Crippen molar-refractivity contribution in [3.05, 3.63) is 0 Å². The summed E-state index contributed by atoms with van der Waals surface area (Å²) in [7, 11) is 0. The maximum atomic E-state index is 12.6. The first-order valence-corrected chi connectivity index (χ1v) is 7.69. The van der Waals surface area contributed by atoms with Crippen molar-refractivity contribution >= 4 is 5.91 Å². The van der Waals surface area contributed by atoms with Crippen molar-refractivity contribution in [2.75, 3.05) is 19.6 Å². The zero-order valence-corrected chi connectivity index (χ0v) is 12.0. The highest BCUT2D eigenvalue weighted by atomic mass is 16.2. The van der Waals surface area contributed by atoms with Gasteiger partial charge in [0.15, 0.2) is 0 Å². The molecule has 3 nitrogen and oxygen atoms in total. The van der Waals surface area contributed by atoms with Crippen LogP contribution in [-0.2, 0) is 4.79 Å². The van der Waals surface area contributed by atoms with Crippen LogP contribution in [0.4, 0.5) is 0 Å². The molecule has 0 aromatic rings. The predicted molar refractivity (Wildman–Crippen MR) is 74.4 cm³/mol. The first kappa shape index (κ1) is 13.9. The Morgan fingerprint density at radius 3 is 2.50 bits per heavy atom. The monoisotopic (exact) mass is 252 g/mol. The summed E-state index contributed by atoms with van der Waals surface area (Å²) in [4.78, 5) is 14.7. The molecule has 1 atom stereocenters. The molecule has 1 saturated carbocycles. The van der Waals surface area contributed by atoms with Gasteiger partial charge in [-0.05, 0) is 38.1 Å². The molecule has 18 heavy (non-hydrogen) atoms. The topological polar surface area (TPSA) is 32.3 Å². The van der Waals surface area contributed by atoms with Crippen LogP contribution in [0, 0.1) is 11.8 Å². The van der Waals surface area contributed by atoms with Crippen molar-refractivity contribution in [1.82, 2.24) is 10.2 Å². The van der Waals surface area contributed by atoms with Gasteiger partial charge in [-0.15, -0.1) is 0 Å². The predicted octanol–water partition coefficient (Wildman–Crippen LogP) is 2.41. The fraction of sp³-hybridized carbons (Fsp3) is 0.933. The molecule has 1 aliphatic carbocycles. The number of nitrogens with zero attached hydrogens (tertiary/aromatic N) is 1. The van der Waals surface area contributed by atoms with Gasteiger partial charge in [-0.2, -0.15) is 0 Å². The number of hydrogen-bond donors (Lipinski definition) is 1. The maximum absolute atomic E-state index is 12.6. The molecule has 1 N–H and O–H groups in total. The Labute approximate surface area is 111 Å². The van der Waals surface area contributed by atoms with Crippen LogP contribution in [0.3, 0.4) is 0 Å². The molecule has 0 aromatic heterocycles. The molecule has 2 fully saturated rings. The molecule has 0 aromatic carbocycles. The first-order valence-electron chi connectivity index (χ1n) is 7.69. The molecule has 104 valence electrons. The summed E-state index contributed by atoms with van der Waals surface area (Å²) in [6.07, 6.45) is 7.21. The van der Waals surface area contributed by atoms with Gasteiger partial charge < -0.3 is 10.2 Å². The van der Waals surface area contributed by atoms with Crippen molar-refractivity contribution in [2.24, 2.45) is 11.8 Å². The van der Waals surface area contributed by atoms with Gasteiger partial charge in [0.2, 0.25) is 5.91 Å². The minimum atomic E-state index is 0.324. The summed E-state index contributed by atoms with van der Waals surface area (Å²) in [5.74, 6) is 1.32. The van der Waals surface area contributed by atoms with Gasteiger partial charge in [-0.3, -0.25) is 4.79 Å². The van der Waals surface area contributed by atoms with Gasteiger partial charge in [0.1, 0.15) is 0 Å². The average molecular weight is 252 g/mol. The van der Waals surface area contributed by atoms with Gasteiger partial charge in [-0.1, -0.05) is 26.7 Å². The molecule has 1 saturated heterocycles. The third-order valence-corrected chi connectivity index (χ3v) is 4.20. The average Bonchev–Trinajstić information content (AvgIpc) is 2.99. The molecule has 2 aliphatic rings. The third-order valence-electron chi connectivity index (χ3n) is 4.20. The molecule has 2 rings (SSSR count). The molecule has 1 amide bonds. The van der Waals surface area contributed by atoms with Crippen molar-refractivity contribution in [2.45, 2.75) is 58.4 Å². The van der Waals surface area contributed by atoms with E-state index in [1.807, 2.05) is 0 Å². The second-order valence-corrected chi connectivity index (χ2v) is 6.41. The minimum Gasteiger partial charge on any atom is -0.341 e. The summed E-state index contributed by atoms with van der Waals surface area (Å²) in [5, 5.41) is 3.51. The fourth-order valence-corrected chi connectivity index (χ4v) is 3.30. The summed E-state index contributed by atoms with van der Waals surface area (Å²) in [6, 6.07) is 0.536. The normalized spacial score (nSPS) is 24.9. The number of carbonyl (C=O) groups excluding carboxylic acids is 1. The van der Waals surface area contributed by atoms with E-state index in [1.165, 1.54) is 25.7 Å². The van der Waals surface area contributed by atoms with Crippen LogP contribution in [0.25, 0.3) is 0 Å². The van der Waals surface area contributed by atoms with Gasteiger partial charge in [0, 0.05) is 25.0 Å². The Bertz CT molecular complexity index is 266. The SMILES string of the molecule is CC(C)CN(CC1CCCN1)C(=O)C1CCCC1. The Morgan fingerprint density at radius 1 is 1.22 bits per heavy atom. The molecule has 1 heterocycles. The zero-order valence-electron chi connectivity index (χ0n) is 12.0. The van der Waals surface area contributed by atoms with E-state index in [4.69, 9.17) is 0 Å². The summed E-state index contributed by atoms with van der Waals surface area (Å²) in [6.45, 7) is 7.38. The van der Waals surface area contributed by atoms with E-state index in [2.05, 4.69) is 24.1 Å². The van der Waals surface area contributed by atoms with Gasteiger partial charge in [-0.25, -0.2) is 0 Å². The van der Waals surface area contributed by atoms with E-state index in [1.54, 1.807) is 0 Å². The summed E-state index contributed by atoms with van der Waals surface area (Å²) >= 11 is 0. The second-order valence-electron chi connectivity index (χ2n) is 6.41. The second kappa shape index (κ2) is 6.55. The highest BCUT2D eigenvalue weighted by molar-refractivity contribution is 5.79. The van der Waals surface area contributed by atoms with E-state index in [-0.39, 0.29) is 0 Å². The van der Waals surface area contributed by atoms with Gasteiger partial charge >= 0.3 is 0 Å². The summed E-state index contributed by atoms with van der Waals surface area (Å²) < 4.78 is 0. The van der Waals surface area contributed by atoms with Crippen molar-refractivity contribution in [3.63, 3.8) is 0 Å². The van der Waals surface area contributed by atoms with Crippen LogP contribution in [0.1, 0.15) is 52.4 Å². The van der Waals surface area contributed by atoms with Gasteiger partial charge in [0.05, 0.1) is 0 Å². The highest BCUT2D eigenvalue weighted by Gasteiger charge is 2.29. The quantitative estimate of drug-likeness (QED) is 0.815. The largest absolute Gasteiger partial charge is 0.341 e. The van der Waals surface area contributed by atoms with Crippen LogP contribution in [0.2, 0.25) is 0 Å². The Kier molecular flexibility index (Phi) is 5.04. The Morgan fingerprint density at radius 2 is 1.94 bits per heavy atom. The van der Waals surface area contributed by atoms with Crippen LogP contribution in [-0.4, -0.2) is 36.5 Å². The maximum Gasteiger partial charge on any atom is 0.225 e. The molecular weight excluding hydrogens is 224 g/mol. The number of amides is 1. The van der Waals surface area contributed by atoms with E-state index in [0.717, 1.165) is 32.5 Å². The lowest BCUT2D eigenvalue weighted by Crippen LogP contribution is -2.44. The standard InChI is InChI=1S/C15H28N2O/c1-12(2)10-17(11-14-8-5-9-16-14)15(18)13-6-3-4-7-13/h12-14,16H,3-11H2,1-2H3. The number of hydrogen-bond acceptors (Lipinski definition) is 2. The van der Waals surface area contributed by atoms with Crippen molar-refractivity contribution in [3.8, 4) is 0 Å². The molecule has 0 radical (unpaired) electrons. The van der Waals surface area contributed by atoms with E-state index in [9.17, 15) is 4.79 Å². The number of carbonyl (C=O) groups is 1. The molecular formula is C15H28N2O. The van der Waals surface area contributed by atoms with Gasteiger partial charge in [0.25, 0.3) is 0 Å². The summed E-state index contributed by atoms with van der Waals surface area (Å²) in [5.41, 5.74) is 0. The minimum absolute atomic E-state index is 0.324. The lowest BCUT2D eigenvalue weighted by Gasteiger charge is -2.29. The Balaban J connectivity index is 1.91. The number of nitrogens with one attached hydrogen (secondary N) is 1. The smallest absolute Gasteiger partial charge is 0.225 e. The Hall–Kier alpha value is -0.570. The number of rotatable bonds is 5. The van der Waals surface area contributed by atoms with Crippen molar-refractivity contribution in [1.29, 1.82) is 0 Å². The molecule has 3 heteroatoms. The first-order chi connectivity index (χ1) is 8.66. The lowest BCUT2D eigenvalue weighted by atomic mass is 10.0. The van der Waals surface area contributed by atoms with E-state index >= 15 is 0 Å². The molecule has 0 spiro atoms.